The highest BCUT2D eigenvalue weighted by Crippen LogP contribution is 2.30. The van der Waals surface area contributed by atoms with Crippen LogP contribution in [0.1, 0.15) is 13.8 Å². The highest BCUT2D eigenvalue weighted by Gasteiger charge is 2.15. The fourth-order valence-electron chi connectivity index (χ4n) is 2.44. The van der Waals surface area contributed by atoms with E-state index >= 15 is 0 Å². The van der Waals surface area contributed by atoms with Crippen molar-refractivity contribution in [1.82, 2.24) is 19.7 Å². The summed E-state index contributed by atoms with van der Waals surface area (Å²) in [6, 6.07) is 10.3. The lowest BCUT2D eigenvalue weighted by Gasteiger charge is -2.08. The Morgan fingerprint density at radius 2 is 2.11 bits per heavy atom. The third kappa shape index (κ3) is 4.29. The monoisotopic (exact) mass is 384 g/mol. The van der Waals surface area contributed by atoms with Crippen molar-refractivity contribution >= 4 is 29.0 Å². The minimum absolute atomic E-state index is 0.0632. The number of aromatic nitrogens is 4. The van der Waals surface area contributed by atoms with Crippen LogP contribution in [0.4, 0.5) is 11.4 Å². The van der Waals surface area contributed by atoms with Crippen LogP contribution in [0.25, 0.3) is 11.4 Å². The fraction of sp³-hybridized carbons (Fsp3) is 0.176. The summed E-state index contributed by atoms with van der Waals surface area (Å²) in [5.41, 5.74) is 1.43. The third-order valence-corrected chi connectivity index (χ3v) is 4.54. The minimum Gasteiger partial charge on any atom is -0.326 e. The van der Waals surface area contributed by atoms with Crippen LogP contribution < -0.4 is 5.32 Å². The van der Waals surface area contributed by atoms with Crippen molar-refractivity contribution in [2.24, 2.45) is 0 Å². The molecule has 0 radical (unpaired) electrons. The molecule has 1 amide bonds. The molecule has 0 bridgehead atoms. The first-order chi connectivity index (χ1) is 13.0. The van der Waals surface area contributed by atoms with Gasteiger partial charge in [-0.05, 0) is 36.9 Å². The van der Waals surface area contributed by atoms with Gasteiger partial charge in [-0.25, -0.2) is 4.98 Å². The molecular weight excluding hydrogens is 368 g/mol. The molecule has 0 spiro atoms. The smallest absolute Gasteiger partial charge is 0.287 e. The normalized spacial score (nSPS) is 10.6. The molecule has 10 heteroatoms. The summed E-state index contributed by atoms with van der Waals surface area (Å²) >= 11 is 1.28. The zero-order valence-corrected chi connectivity index (χ0v) is 15.4. The van der Waals surface area contributed by atoms with E-state index in [0.717, 1.165) is 5.56 Å². The number of rotatable bonds is 6. The van der Waals surface area contributed by atoms with Gasteiger partial charge in [-0.15, -0.1) is 10.2 Å². The SMILES string of the molecule is CCn1c(Sc2ccc([N+](=O)[O-])cn2)nnc1-c1cccc(NC(C)=O)c1. The number of benzene rings is 1. The molecule has 0 atom stereocenters. The summed E-state index contributed by atoms with van der Waals surface area (Å²) in [6.45, 7) is 4.05. The summed E-state index contributed by atoms with van der Waals surface area (Å²) in [5.74, 6) is 0.513. The van der Waals surface area contributed by atoms with Gasteiger partial charge in [0.1, 0.15) is 11.2 Å². The molecule has 3 rings (SSSR count). The maximum atomic E-state index is 11.3. The molecule has 3 aromatic rings. The summed E-state index contributed by atoms with van der Waals surface area (Å²) in [7, 11) is 0. The van der Waals surface area contributed by atoms with Crippen LogP contribution in [0.2, 0.25) is 0 Å². The molecule has 0 saturated carbocycles. The molecule has 2 heterocycles. The Morgan fingerprint density at radius 3 is 2.74 bits per heavy atom. The van der Waals surface area contributed by atoms with Crippen molar-refractivity contribution in [3.05, 3.63) is 52.7 Å². The van der Waals surface area contributed by atoms with Gasteiger partial charge in [0.15, 0.2) is 11.0 Å². The minimum atomic E-state index is -0.490. The standard InChI is InChI=1S/C17H16N6O3S/c1-3-22-16(12-5-4-6-13(9-12)19-11(2)24)20-21-17(22)27-15-8-7-14(10-18-15)23(25)26/h4-10H,3H2,1-2H3,(H,19,24). The van der Waals surface area contributed by atoms with E-state index in [-0.39, 0.29) is 11.6 Å². The highest BCUT2D eigenvalue weighted by atomic mass is 32.2. The maximum absolute atomic E-state index is 11.3. The lowest BCUT2D eigenvalue weighted by molar-refractivity contribution is -0.385. The van der Waals surface area contributed by atoms with Crippen LogP contribution in [0, 0.1) is 10.1 Å². The fourth-order valence-corrected chi connectivity index (χ4v) is 3.27. The first-order valence-corrected chi connectivity index (χ1v) is 8.89. The summed E-state index contributed by atoms with van der Waals surface area (Å²) in [4.78, 5) is 25.6. The molecule has 0 aliphatic rings. The van der Waals surface area contributed by atoms with Gasteiger partial charge in [-0.1, -0.05) is 12.1 Å². The molecule has 2 aromatic heterocycles. The van der Waals surface area contributed by atoms with Crippen LogP contribution in [-0.4, -0.2) is 30.6 Å². The van der Waals surface area contributed by atoms with E-state index in [2.05, 4.69) is 20.5 Å². The Bertz CT molecular complexity index is 987. The number of hydrogen-bond donors (Lipinski definition) is 1. The number of nitrogens with one attached hydrogen (secondary N) is 1. The summed E-state index contributed by atoms with van der Waals surface area (Å²) < 4.78 is 1.92. The van der Waals surface area contributed by atoms with Gasteiger partial charge < -0.3 is 9.88 Å². The van der Waals surface area contributed by atoms with E-state index in [1.165, 1.54) is 30.9 Å². The van der Waals surface area contributed by atoms with Crippen LogP contribution >= 0.6 is 11.8 Å². The quantitative estimate of drug-likeness (QED) is 0.511. The highest BCUT2D eigenvalue weighted by molar-refractivity contribution is 7.99. The Hall–Kier alpha value is -3.27. The molecule has 1 aromatic carbocycles. The predicted octanol–water partition coefficient (Wildman–Crippen LogP) is 3.38. The van der Waals surface area contributed by atoms with Crippen molar-refractivity contribution in [2.45, 2.75) is 30.6 Å². The van der Waals surface area contributed by atoms with Crippen molar-refractivity contribution in [2.75, 3.05) is 5.32 Å². The lowest BCUT2D eigenvalue weighted by Crippen LogP contribution is -2.06. The average Bonchev–Trinajstić information content (AvgIpc) is 3.04. The van der Waals surface area contributed by atoms with E-state index in [9.17, 15) is 14.9 Å². The van der Waals surface area contributed by atoms with Gasteiger partial charge in [-0.2, -0.15) is 0 Å². The van der Waals surface area contributed by atoms with E-state index in [1.54, 1.807) is 12.1 Å². The van der Waals surface area contributed by atoms with E-state index < -0.39 is 4.92 Å². The third-order valence-electron chi connectivity index (χ3n) is 3.60. The van der Waals surface area contributed by atoms with E-state index in [1.807, 2.05) is 29.7 Å². The molecule has 1 N–H and O–H groups in total. The second kappa shape index (κ2) is 7.96. The lowest BCUT2D eigenvalue weighted by atomic mass is 10.2. The summed E-state index contributed by atoms with van der Waals surface area (Å²) in [5, 5.41) is 23.2. The number of amides is 1. The largest absolute Gasteiger partial charge is 0.326 e. The number of carbonyl (C=O) groups excluding carboxylic acids is 1. The number of nitro groups is 1. The molecule has 0 saturated heterocycles. The second-order valence-electron chi connectivity index (χ2n) is 5.53. The van der Waals surface area contributed by atoms with Gasteiger partial charge in [0.2, 0.25) is 5.91 Å². The zero-order chi connectivity index (χ0) is 19.4. The van der Waals surface area contributed by atoms with Gasteiger partial charge in [-0.3, -0.25) is 14.9 Å². The van der Waals surface area contributed by atoms with Crippen molar-refractivity contribution < 1.29 is 9.72 Å². The molecule has 138 valence electrons. The first-order valence-electron chi connectivity index (χ1n) is 8.07. The van der Waals surface area contributed by atoms with Crippen molar-refractivity contribution in [1.29, 1.82) is 0 Å². The predicted molar refractivity (Wildman–Crippen MR) is 100 cm³/mol. The second-order valence-corrected chi connectivity index (χ2v) is 6.51. The maximum Gasteiger partial charge on any atom is 0.287 e. The number of anilines is 1. The number of carbonyl (C=O) groups is 1. The zero-order valence-electron chi connectivity index (χ0n) is 14.6. The van der Waals surface area contributed by atoms with Gasteiger partial charge in [0.05, 0.1) is 4.92 Å². The van der Waals surface area contributed by atoms with Crippen LogP contribution in [0.3, 0.4) is 0 Å². The Labute approximate surface area is 159 Å². The Morgan fingerprint density at radius 1 is 1.30 bits per heavy atom. The first kappa shape index (κ1) is 18.5. The van der Waals surface area contributed by atoms with E-state index in [0.29, 0.717) is 28.2 Å². The van der Waals surface area contributed by atoms with Crippen LogP contribution in [0.15, 0.2) is 52.8 Å². The molecular formula is C17H16N6O3S. The van der Waals surface area contributed by atoms with Crippen molar-refractivity contribution in [3.63, 3.8) is 0 Å². The number of pyridine rings is 1. The van der Waals surface area contributed by atoms with Crippen LogP contribution in [0.5, 0.6) is 0 Å². The topological polar surface area (TPSA) is 116 Å². The Balaban J connectivity index is 1.89. The van der Waals surface area contributed by atoms with Gasteiger partial charge >= 0.3 is 0 Å². The molecule has 9 nitrogen and oxygen atoms in total. The molecule has 27 heavy (non-hydrogen) atoms. The number of nitrogens with zero attached hydrogens (tertiary/aromatic N) is 5. The molecule has 0 aliphatic heterocycles. The van der Waals surface area contributed by atoms with E-state index in [4.69, 9.17) is 0 Å². The molecule has 0 unspecified atom stereocenters. The summed E-state index contributed by atoms with van der Waals surface area (Å²) in [6.07, 6.45) is 1.22. The van der Waals surface area contributed by atoms with Gasteiger partial charge in [0, 0.05) is 30.8 Å². The Kier molecular flexibility index (Phi) is 5.46. The van der Waals surface area contributed by atoms with Crippen LogP contribution in [-0.2, 0) is 11.3 Å². The molecule has 0 fully saturated rings. The molecule has 0 aliphatic carbocycles. The average molecular weight is 384 g/mol. The number of hydrogen-bond acceptors (Lipinski definition) is 7. The van der Waals surface area contributed by atoms with Crippen molar-refractivity contribution in [3.8, 4) is 11.4 Å². The van der Waals surface area contributed by atoms with Gasteiger partial charge in [0.25, 0.3) is 5.69 Å².